The number of aromatic hydroxyl groups is 1. The van der Waals surface area contributed by atoms with Gasteiger partial charge in [0, 0.05) is 23.9 Å². The van der Waals surface area contributed by atoms with Crippen LogP contribution < -0.4 is 40.0 Å². The van der Waals surface area contributed by atoms with Gasteiger partial charge in [-0.05, 0) is 17.2 Å². The number of rotatable bonds is 6. The number of amides is 2. The van der Waals surface area contributed by atoms with E-state index in [2.05, 4.69) is 10.3 Å². The average Bonchev–Trinajstić information content (AvgIpc) is 2.79. The normalized spacial score (nSPS) is 19.2. The summed E-state index contributed by atoms with van der Waals surface area (Å²) in [5.74, 6) is -2.49. The van der Waals surface area contributed by atoms with E-state index in [1.807, 2.05) is 0 Å². The molecule has 0 aliphatic carbocycles. The summed E-state index contributed by atoms with van der Waals surface area (Å²) in [5, 5.41) is 24.1. The van der Waals surface area contributed by atoms with E-state index >= 15 is 0 Å². The first-order chi connectivity index (χ1) is 15.3. The molecule has 2 aliphatic heterocycles. The van der Waals surface area contributed by atoms with Crippen LogP contribution in [0.1, 0.15) is 11.1 Å². The second-order valence-corrected chi connectivity index (χ2v) is 9.07. The minimum absolute atomic E-state index is 0. The van der Waals surface area contributed by atoms with Crippen molar-refractivity contribution in [3.05, 3.63) is 69.6 Å². The molecule has 12 heteroatoms. The zero-order chi connectivity index (χ0) is 23.0. The van der Waals surface area contributed by atoms with E-state index in [4.69, 9.17) is 24.4 Å². The van der Waals surface area contributed by atoms with Crippen LogP contribution in [0, 0.1) is 4.64 Å². The number of aromatic amines is 1. The topological polar surface area (TPSA) is 126 Å². The zero-order valence-corrected chi connectivity index (χ0v) is 21.8. The minimum Gasteiger partial charge on any atom is -0.543 e. The number of carboxylic acid groups (broad SMARTS) is 1. The largest absolute Gasteiger partial charge is 1.00 e. The second kappa shape index (κ2) is 10.5. The number of carbonyl (C=O) groups is 3. The Morgan fingerprint density at radius 1 is 1.27 bits per heavy atom. The van der Waals surface area contributed by atoms with Crippen molar-refractivity contribution in [1.82, 2.24) is 15.2 Å². The predicted molar refractivity (Wildman–Crippen MR) is 122 cm³/mol. The van der Waals surface area contributed by atoms with E-state index in [1.54, 1.807) is 42.6 Å². The third-order valence-corrected chi connectivity index (χ3v) is 7.26. The number of fused-ring (bicyclic) bond motifs is 1. The molecule has 3 heterocycles. The van der Waals surface area contributed by atoms with E-state index in [9.17, 15) is 24.6 Å². The molecule has 3 N–H and O–H groups in total. The molecule has 4 rings (SSSR count). The minimum atomic E-state index is -1.50. The van der Waals surface area contributed by atoms with Crippen molar-refractivity contribution in [3.8, 4) is 5.75 Å². The molecule has 2 aliphatic rings. The molecule has 33 heavy (non-hydrogen) atoms. The van der Waals surface area contributed by atoms with Crippen LogP contribution in [0.15, 0.2) is 53.9 Å². The maximum absolute atomic E-state index is 12.8. The van der Waals surface area contributed by atoms with Gasteiger partial charge in [-0.15, -0.1) is 11.8 Å². The van der Waals surface area contributed by atoms with Crippen molar-refractivity contribution >= 4 is 58.8 Å². The van der Waals surface area contributed by atoms with Gasteiger partial charge in [-0.2, -0.15) is 0 Å². The van der Waals surface area contributed by atoms with Crippen LogP contribution in [0.4, 0.5) is 0 Å². The third kappa shape index (κ3) is 4.93. The Kier molecular flexibility index (Phi) is 8.14. The Morgan fingerprint density at radius 3 is 2.64 bits per heavy atom. The van der Waals surface area contributed by atoms with Crippen molar-refractivity contribution in [2.24, 2.45) is 0 Å². The molecule has 8 nitrogen and oxygen atoms in total. The van der Waals surface area contributed by atoms with Crippen molar-refractivity contribution in [1.29, 1.82) is 0 Å². The van der Waals surface area contributed by atoms with Crippen molar-refractivity contribution in [3.63, 3.8) is 0 Å². The first-order valence-corrected chi connectivity index (χ1v) is 11.3. The van der Waals surface area contributed by atoms with Gasteiger partial charge in [0.1, 0.15) is 20.9 Å². The van der Waals surface area contributed by atoms with Gasteiger partial charge >= 0.3 is 29.6 Å². The number of aliphatic carboxylic acids is 1. The number of hydrogen-bond donors (Lipinski definition) is 3. The summed E-state index contributed by atoms with van der Waals surface area (Å²) < 4.78 is 0.136. The standard InChI is InChI=1S/C21H17N3O5S3.Na/c25-15-11(6-7-22-18(15)31)8-12-9-32-20-13(19(27)24(20)14(12)21(28)29)23-17(26)16(30)10-4-2-1-3-5-10;/h1-7,13,20,25H,8-9H2,(H,22,31)(H,23,26)(H,28,29);/q;+1/p-1/t13?,20-;/m0./s1. The molecule has 2 atom stereocenters. The number of carbonyl (C=O) groups excluding carboxylic acids is 3. The van der Waals surface area contributed by atoms with Crippen LogP contribution in [-0.2, 0) is 20.8 Å². The summed E-state index contributed by atoms with van der Waals surface area (Å²) in [5.41, 5.74) is 1.17. The van der Waals surface area contributed by atoms with E-state index in [0.29, 0.717) is 16.7 Å². The van der Waals surface area contributed by atoms with E-state index < -0.39 is 29.2 Å². The fourth-order valence-corrected chi connectivity index (χ4v) is 5.36. The maximum atomic E-state index is 12.8. The number of carboxylic acids is 1. The van der Waals surface area contributed by atoms with Gasteiger partial charge < -0.3 is 25.3 Å². The maximum Gasteiger partial charge on any atom is 1.00 e. The molecule has 1 fully saturated rings. The number of nitrogens with zero attached hydrogens (tertiary/aromatic N) is 1. The quantitative estimate of drug-likeness (QED) is 0.174. The summed E-state index contributed by atoms with van der Waals surface area (Å²) >= 11 is 11.5. The monoisotopic (exact) mass is 509 g/mol. The Balaban J connectivity index is 0.00000306. The number of thioether (sulfide) groups is 1. The van der Waals surface area contributed by atoms with Gasteiger partial charge in [0.05, 0.1) is 11.7 Å². The Morgan fingerprint density at radius 2 is 1.97 bits per heavy atom. The van der Waals surface area contributed by atoms with Crippen LogP contribution in [0.3, 0.4) is 0 Å². The van der Waals surface area contributed by atoms with Gasteiger partial charge in [0.25, 0.3) is 11.8 Å². The van der Waals surface area contributed by atoms with Crippen molar-refractivity contribution < 1.29 is 54.2 Å². The zero-order valence-electron chi connectivity index (χ0n) is 17.4. The molecule has 0 saturated carbocycles. The van der Waals surface area contributed by atoms with E-state index in [-0.39, 0.29) is 62.7 Å². The molecule has 1 saturated heterocycles. The van der Waals surface area contributed by atoms with Crippen LogP contribution in [0.2, 0.25) is 0 Å². The number of aromatic nitrogens is 1. The van der Waals surface area contributed by atoms with Gasteiger partial charge in [0.2, 0.25) is 0 Å². The Hall–Kier alpha value is -2.02. The summed E-state index contributed by atoms with van der Waals surface area (Å²) in [7, 11) is 0. The fourth-order valence-electron chi connectivity index (χ4n) is 3.62. The first kappa shape index (κ1) is 25.6. The van der Waals surface area contributed by atoms with Crippen molar-refractivity contribution in [2.45, 2.75) is 17.8 Å². The van der Waals surface area contributed by atoms with E-state index in [0.717, 1.165) is 4.90 Å². The number of nitrogens with one attached hydrogen (secondary N) is 2. The smallest absolute Gasteiger partial charge is 0.543 e. The third-order valence-electron chi connectivity index (χ3n) is 5.19. The second-order valence-electron chi connectivity index (χ2n) is 7.15. The van der Waals surface area contributed by atoms with E-state index in [1.165, 1.54) is 11.8 Å². The van der Waals surface area contributed by atoms with Gasteiger partial charge in [-0.1, -0.05) is 54.8 Å². The average molecular weight is 510 g/mol. The molecule has 164 valence electrons. The number of pyridine rings is 1. The van der Waals surface area contributed by atoms with Gasteiger partial charge in [-0.25, -0.2) is 0 Å². The summed E-state index contributed by atoms with van der Waals surface area (Å²) in [6, 6.07) is 9.37. The van der Waals surface area contributed by atoms with Crippen LogP contribution in [-0.4, -0.2) is 54.8 Å². The van der Waals surface area contributed by atoms with Gasteiger partial charge in [-0.3, -0.25) is 14.5 Å². The molecule has 1 aromatic heterocycles. The summed E-state index contributed by atoms with van der Waals surface area (Å²) in [6.45, 7) is 0. The SMILES string of the molecule is O=C([O-])C1=C(Cc2cc[nH]c(=S)c2O)CS[C@H]2C(NC(=O)C(=S)c3ccccc3)C(=O)N12.[Na+]. The molecule has 1 aromatic carbocycles. The number of H-pyrrole nitrogens is 1. The molecular formula is C21H16N3NaO5S3. The molecule has 1 unspecified atom stereocenters. The predicted octanol–water partition coefficient (Wildman–Crippen LogP) is -2.18. The molecule has 0 radical (unpaired) electrons. The number of benzene rings is 1. The Bertz CT molecular complexity index is 1230. The molecule has 0 bridgehead atoms. The van der Waals surface area contributed by atoms with Gasteiger partial charge in [0.15, 0.2) is 5.75 Å². The molecule has 0 spiro atoms. The fraction of sp³-hybridized carbons (Fsp3) is 0.190. The first-order valence-electron chi connectivity index (χ1n) is 9.47. The number of thiocarbonyl (C=S) groups is 1. The van der Waals surface area contributed by atoms with Crippen LogP contribution in [0.5, 0.6) is 5.75 Å². The molecule has 2 amide bonds. The Labute approximate surface area is 225 Å². The van der Waals surface area contributed by atoms with Crippen LogP contribution in [0.25, 0.3) is 0 Å². The summed E-state index contributed by atoms with van der Waals surface area (Å²) in [4.78, 5) is 41.1. The number of β-lactam (4-membered cyclic amide) rings is 1. The molecule has 2 aromatic rings. The van der Waals surface area contributed by atoms with Crippen LogP contribution >= 0.6 is 36.2 Å². The molecular weight excluding hydrogens is 493 g/mol. The van der Waals surface area contributed by atoms with Crippen molar-refractivity contribution in [2.75, 3.05) is 5.75 Å². The summed E-state index contributed by atoms with van der Waals surface area (Å²) in [6.07, 6.45) is 1.64. The number of hydrogen-bond acceptors (Lipinski definition) is 8.